The molecule has 0 spiro atoms. The van der Waals surface area contributed by atoms with Gasteiger partial charge in [-0.2, -0.15) is 0 Å². The van der Waals surface area contributed by atoms with Gasteiger partial charge < -0.3 is 14.6 Å². The number of nitrogens with one attached hydrogen (secondary N) is 1. The number of carbonyl (C=O) groups excluding carboxylic acids is 1. The van der Waals surface area contributed by atoms with Crippen LogP contribution in [0.15, 0.2) is 10.8 Å². The highest BCUT2D eigenvalue weighted by Gasteiger charge is 2.51. The maximum absolute atomic E-state index is 13.1. The quantitative estimate of drug-likeness (QED) is 0.916. The van der Waals surface area contributed by atoms with E-state index in [0.29, 0.717) is 34.9 Å². The number of oxazole rings is 1. The lowest BCUT2D eigenvalue weighted by Gasteiger charge is -2.33. The number of fused-ring (bicyclic) bond motifs is 1. The molecule has 3 saturated heterocycles. The van der Waals surface area contributed by atoms with Crippen LogP contribution in [-0.4, -0.2) is 41.5 Å². The predicted molar refractivity (Wildman–Crippen MR) is 94.3 cm³/mol. The molecule has 5 fully saturated rings. The molecule has 1 amide bonds. The second-order valence-electron chi connectivity index (χ2n) is 9.39. The average molecular weight is 343 g/mol. The van der Waals surface area contributed by atoms with Gasteiger partial charge in [0.25, 0.3) is 5.91 Å². The zero-order valence-corrected chi connectivity index (χ0v) is 15.3. The van der Waals surface area contributed by atoms with Gasteiger partial charge in [-0.3, -0.25) is 4.79 Å². The molecule has 0 aromatic carbocycles. The van der Waals surface area contributed by atoms with Crippen molar-refractivity contribution >= 4 is 5.91 Å². The lowest BCUT2D eigenvalue weighted by Crippen LogP contribution is -2.37. The average Bonchev–Trinajstić information content (AvgIpc) is 3.35. The van der Waals surface area contributed by atoms with Gasteiger partial charge in [0.1, 0.15) is 5.76 Å². The van der Waals surface area contributed by atoms with E-state index < -0.39 is 0 Å². The molecule has 1 aromatic rings. The van der Waals surface area contributed by atoms with Crippen LogP contribution < -0.4 is 5.32 Å². The first-order valence-corrected chi connectivity index (χ1v) is 10.0. The van der Waals surface area contributed by atoms with E-state index in [-0.39, 0.29) is 5.91 Å². The minimum atomic E-state index is 0.0911. The molecule has 136 valence electrons. The molecule has 1 aromatic heterocycles. The fourth-order valence-electron chi connectivity index (χ4n) is 6.20. The standard InChI is InChI=1S/C20H29N3O2/c1-20(2)6-3-4-14(20)12-5-7-23(10-12)19(24)17-18(25-11-22-17)16-13-8-15(16)21-9-13/h11-16,21H,3-10H2,1-2H3. The van der Waals surface area contributed by atoms with Crippen LogP contribution in [0.25, 0.3) is 0 Å². The number of hydrogen-bond acceptors (Lipinski definition) is 4. The summed E-state index contributed by atoms with van der Waals surface area (Å²) in [5.74, 6) is 3.31. The van der Waals surface area contributed by atoms with Gasteiger partial charge in [0, 0.05) is 25.0 Å². The molecular weight excluding hydrogens is 314 g/mol. The van der Waals surface area contributed by atoms with Crippen LogP contribution in [0.1, 0.15) is 68.1 Å². The van der Waals surface area contributed by atoms with Crippen molar-refractivity contribution < 1.29 is 9.21 Å². The fourth-order valence-corrected chi connectivity index (χ4v) is 6.20. The Kier molecular flexibility index (Phi) is 3.53. The van der Waals surface area contributed by atoms with Crippen LogP contribution in [0.5, 0.6) is 0 Å². The SMILES string of the molecule is CC1(C)CCCC1C1CCN(C(=O)c2ncoc2C2C3CNC2C3)C1. The second kappa shape index (κ2) is 5.57. The van der Waals surface area contributed by atoms with Gasteiger partial charge in [-0.05, 0) is 55.4 Å². The van der Waals surface area contributed by atoms with Crippen molar-refractivity contribution in [3.63, 3.8) is 0 Å². The Labute approximate surface area is 149 Å². The molecule has 2 bridgehead atoms. The van der Waals surface area contributed by atoms with Gasteiger partial charge >= 0.3 is 0 Å². The number of likely N-dealkylation sites (tertiary alicyclic amines) is 1. The number of amides is 1. The van der Waals surface area contributed by atoms with Crippen LogP contribution in [0.4, 0.5) is 0 Å². The summed E-state index contributed by atoms with van der Waals surface area (Å²) in [6, 6.07) is 0.482. The van der Waals surface area contributed by atoms with Crippen LogP contribution >= 0.6 is 0 Å². The second-order valence-corrected chi connectivity index (χ2v) is 9.39. The van der Waals surface area contributed by atoms with Crippen molar-refractivity contribution in [3.8, 4) is 0 Å². The fraction of sp³-hybridized carbons (Fsp3) is 0.800. The summed E-state index contributed by atoms with van der Waals surface area (Å²) in [5, 5.41) is 3.51. The van der Waals surface area contributed by atoms with Gasteiger partial charge in [-0.1, -0.05) is 20.3 Å². The zero-order chi connectivity index (χ0) is 17.2. The first-order valence-electron chi connectivity index (χ1n) is 10.0. The van der Waals surface area contributed by atoms with E-state index in [4.69, 9.17) is 4.42 Å². The molecule has 1 N–H and O–H groups in total. The zero-order valence-electron chi connectivity index (χ0n) is 15.3. The third-order valence-corrected chi connectivity index (χ3v) is 7.66. The van der Waals surface area contributed by atoms with Crippen molar-refractivity contribution in [1.82, 2.24) is 15.2 Å². The summed E-state index contributed by atoms with van der Waals surface area (Å²) < 4.78 is 5.69. The Morgan fingerprint density at radius 1 is 1.36 bits per heavy atom. The molecule has 5 heteroatoms. The third kappa shape index (κ3) is 2.38. The highest BCUT2D eigenvalue weighted by atomic mass is 16.3. The molecule has 0 radical (unpaired) electrons. The van der Waals surface area contributed by atoms with Crippen LogP contribution in [0, 0.1) is 23.2 Å². The van der Waals surface area contributed by atoms with E-state index >= 15 is 0 Å². The van der Waals surface area contributed by atoms with Crippen LogP contribution in [-0.2, 0) is 0 Å². The van der Waals surface area contributed by atoms with Crippen LogP contribution in [0.2, 0.25) is 0 Å². The summed E-state index contributed by atoms with van der Waals surface area (Å²) in [7, 11) is 0. The molecule has 6 rings (SSSR count). The molecule has 2 saturated carbocycles. The summed E-state index contributed by atoms with van der Waals surface area (Å²) >= 11 is 0. The van der Waals surface area contributed by atoms with E-state index in [1.165, 1.54) is 32.1 Å². The Bertz CT molecular complexity index is 668. The third-order valence-electron chi connectivity index (χ3n) is 7.66. The van der Waals surface area contributed by atoms with E-state index in [0.717, 1.165) is 37.7 Å². The molecule has 25 heavy (non-hydrogen) atoms. The minimum absolute atomic E-state index is 0.0911. The molecule has 3 aliphatic heterocycles. The Hall–Kier alpha value is -1.36. The lowest BCUT2D eigenvalue weighted by molar-refractivity contribution is 0.0762. The largest absolute Gasteiger partial charge is 0.447 e. The van der Waals surface area contributed by atoms with Crippen molar-refractivity contribution in [1.29, 1.82) is 0 Å². The van der Waals surface area contributed by atoms with Gasteiger partial charge in [0.2, 0.25) is 0 Å². The highest BCUT2D eigenvalue weighted by molar-refractivity contribution is 5.93. The number of carbonyl (C=O) groups is 1. The van der Waals surface area contributed by atoms with E-state index in [2.05, 4.69) is 24.1 Å². The lowest BCUT2D eigenvalue weighted by atomic mass is 9.72. The van der Waals surface area contributed by atoms with Crippen molar-refractivity contribution in [2.75, 3.05) is 19.6 Å². The predicted octanol–water partition coefficient (Wildman–Crippen LogP) is 3.04. The first kappa shape index (κ1) is 15.9. The van der Waals surface area contributed by atoms with E-state index in [1.54, 1.807) is 0 Å². The highest BCUT2D eigenvalue weighted by Crippen LogP contribution is 2.50. The maximum atomic E-state index is 13.1. The monoisotopic (exact) mass is 343 g/mol. The summed E-state index contributed by atoms with van der Waals surface area (Å²) in [6.45, 7) is 7.63. The molecule has 4 heterocycles. The number of nitrogens with zero attached hydrogens (tertiary/aromatic N) is 2. The molecule has 5 atom stereocenters. The van der Waals surface area contributed by atoms with Gasteiger partial charge in [0.15, 0.2) is 12.1 Å². The molecule has 5 unspecified atom stereocenters. The summed E-state index contributed by atoms with van der Waals surface area (Å²) in [6.07, 6.45) is 7.81. The maximum Gasteiger partial charge on any atom is 0.276 e. The minimum Gasteiger partial charge on any atom is -0.447 e. The number of aromatic nitrogens is 1. The summed E-state index contributed by atoms with van der Waals surface area (Å²) in [4.78, 5) is 19.5. The molecule has 5 aliphatic rings. The topological polar surface area (TPSA) is 58.4 Å². The van der Waals surface area contributed by atoms with E-state index in [9.17, 15) is 4.79 Å². The van der Waals surface area contributed by atoms with Crippen molar-refractivity contribution in [2.24, 2.45) is 23.2 Å². The molecular formula is C20H29N3O2. The number of hydrogen-bond donors (Lipinski definition) is 1. The van der Waals surface area contributed by atoms with Crippen molar-refractivity contribution in [2.45, 2.75) is 57.9 Å². The Morgan fingerprint density at radius 3 is 2.92 bits per heavy atom. The smallest absolute Gasteiger partial charge is 0.276 e. The molecule has 2 aliphatic carbocycles. The first-order chi connectivity index (χ1) is 12.0. The van der Waals surface area contributed by atoms with E-state index in [1.807, 2.05) is 4.90 Å². The van der Waals surface area contributed by atoms with Gasteiger partial charge in [-0.15, -0.1) is 0 Å². The van der Waals surface area contributed by atoms with Crippen LogP contribution in [0.3, 0.4) is 0 Å². The number of rotatable bonds is 3. The van der Waals surface area contributed by atoms with Gasteiger partial charge in [-0.25, -0.2) is 4.98 Å². The molecule has 5 nitrogen and oxygen atoms in total. The normalized spacial score (nSPS) is 39.0. The van der Waals surface area contributed by atoms with Gasteiger partial charge in [0.05, 0.1) is 0 Å². The summed E-state index contributed by atoms with van der Waals surface area (Å²) in [5.41, 5.74) is 1.01. The Balaban J connectivity index is 1.31. The van der Waals surface area contributed by atoms with Crippen molar-refractivity contribution in [3.05, 3.63) is 17.8 Å². The Morgan fingerprint density at radius 2 is 2.24 bits per heavy atom.